The van der Waals surface area contributed by atoms with Crippen LogP contribution >= 0.6 is 0 Å². The first kappa shape index (κ1) is 19.0. The molecule has 3 aromatic rings. The number of hydrogen-bond acceptors (Lipinski definition) is 4. The lowest BCUT2D eigenvalue weighted by Gasteiger charge is -2.26. The van der Waals surface area contributed by atoms with Crippen molar-refractivity contribution < 1.29 is 14.3 Å². The van der Waals surface area contributed by atoms with Gasteiger partial charge in [0.2, 0.25) is 0 Å². The molecule has 1 fully saturated rings. The number of ketones is 1. The number of H-pyrrole nitrogens is 1. The maximum Gasteiger partial charge on any atom is 0.187 e. The molecule has 29 heavy (non-hydrogen) atoms. The molecule has 1 aromatic heterocycles. The molecule has 5 heteroatoms. The van der Waals surface area contributed by atoms with Crippen molar-refractivity contribution in [1.29, 1.82) is 0 Å². The molecule has 1 aliphatic heterocycles. The predicted molar refractivity (Wildman–Crippen MR) is 116 cm³/mol. The van der Waals surface area contributed by atoms with Gasteiger partial charge in [-0.15, -0.1) is 0 Å². The third kappa shape index (κ3) is 3.82. The Bertz CT molecular complexity index is 1120. The summed E-state index contributed by atoms with van der Waals surface area (Å²) in [6, 6.07) is 13.8. The van der Waals surface area contributed by atoms with Crippen LogP contribution in [0.15, 0.2) is 59.8 Å². The standard InChI is InChI=1S/C24H24N2O3/c1-26-14-18(10-16-8-9-22(28-2)23(11-16)29-3)24(27)19(15-26)12-17-13-25-21-7-5-4-6-20(17)21/h4-13,25H,14-15H2,1-3H3/b18-10+,19-12+. The lowest BCUT2D eigenvalue weighted by molar-refractivity contribution is -0.113. The molecule has 0 saturated carbocycles. The van der Waals surface area contributed by atoms with Crippen molar-refractivity contribution >= 4 is 28.8 Å². The predicted octanol–water partition coefficient (Wildman–Crippen LogP) is 4.17. The molecule has 1 saturated heterocycles. The minimum absolute atomic E-state index is 0.0863. The minimum atomic E-state index is 0.0863. The highest BCUT2D eigenvalue weighted by Gasteiger charge is 2.24. The highest BCUT2D eigenvalue weighted by atomic mass is 16.5. The monoisotopic (exact) mass is 388 g/mol. The molecule has 0 aliphatic carbocycles. The summed E-state index contributed by atoms with van der Waals surface area (Å²) in [5.74, 6) is 1.40. The molecular formula is C24H24N2O3. The number of likely N-dealkylation sites (N-methyl/N-ethyl adjacent to an activating group) is 1. The number of benzene rings is 2. The molecule has 1 aliphatic rings. The highest BCUT2D eigenvalue weighted by molar-refractivity contribution is 6.15. The average Bonchev–Trinajstić information content (AvgIpc) is 3.14. The number of piperidine rings is 1. The number of ether oxygens (including phenoxy) is 2. The Morgan fingerprint density at radius 1 is 0.966 bits per heavy atom. The summed E-state index contributed by atoms with van der Waals surface area (Å²) in [6.45, 7) is 1.24. The van der Waals surface area contributed by atoms with Gasteiger partial charge in [0, 0.05) is 46.9 Å². The number of Topliss-reactive ketones (excluding diaryl/α,β-unsaturated/α-hetero) is 1. The Morgan fingerprint density at radius 3 is 2.45 bits per heavy atom. The SMILES string of the molecule is COc1ccc(/C=C2\CN(C)C/C(=C\c3c[nH]c4ccccc34)C2=O)cc1OC. The zero-order valence-electron chi connectivity index (χ0n) is 16.9. The van der Waals surface area contributed by atoms with E-state index in [1.165, 1.54) is 0 Å². The van der Waals surface area contributed by atoms with Gasteiger partial charge in [0.05, 0.1) is 14.2 Å². The van der Waals surface area contributed by atoms with Gasteiger partial charge in [0.25, 0.3) is 0 Å². The number of aromatic amines is 1. The molecule has 4 rings (SSSR count). The molecule has 5 nitrogen and oxygen atoms in total. The number of nitrogens with zero attached hydrogens (tertiary/aromatic N) is 1. The van der Waals surface area contributed by atoms with E-state index in [0.717, 1.165) is 33.2 Å². The van der Waals surface area contributed by atoms with Crippen molar-refractivity contribution in [3.63, 3.8) is 0 Å². The Morgan fingerprint density at radius 2 is 1.69 bits per heavy atom. The maximum absolute atomic E-state index is 13.2. The van der Waals surface area contributed by atoms with Crippen LogP contribution in [0, 0.1) is 0 Å². The molecule has 2 aromatic carbocycles. The second kappa shape index (κ2) is 7.97. The van der Waals surface area contributed by atoms with Crippen molar-refractivity contribution in [2.24, 2.45) is 0 Å². The van der Waals surface area contributed by atoms with Crippen LogP contribution < -0.4 is 9.47 Å². The molecular weight excluding hydrogens is 364 g/mol. The van der Waals surface area contributed by atoms with E-state index in [1.807, 2.05) is 61.8 Å². The normalized spacial score (nSPS) is 18.0. The van der Waals surface area contributed by atoms with Gasteiger partial charge >= 0.3 is 0 Å². The fraction of sp³-hybridized carbons (Fsp3) is 0.208. The number of carbonyl (C=O) groups excluding carboxylic acids is 1. The fourth-order valence-electron chi connectivity index (χ4n) is 3.75. The van der Waals surface area contributed by atoms with Crippen LogP contribution in [0.4, 0.5) is 0 Å². The first-order valence-electron chi connectivity index (χ1n) is 9.51. The van der Waals surface area contributed by atoms with E-state index >= 15 is 0 Å². The van der Waals surface area contributed by atoms with E-state index in [9.17, 15) is 4.79 Å². The molecule has 0 atom stereocenters. The number of para-hydroxylation sites is 1. The van der Waals surface area contributed by atoms with E-state index in [0.29, 0.717) is 24.6 Å². The second-order valence-corrected chi connectivity index (χ2v) is 7.24. The van der Waals surface area contributed by atoms with Gasteiger partial charge in [0.15, 0.2) is 17.3 Å². The summed E-state index contributed by atoms with van der Waals surface area (Å²) in [7, 11) is 5.24. The molecule has 0 unspecified atom stereocenters. The van der Waals surface area contributed by atoms with Gasteiger partial charge in [-0.25, -0.2) is 0 Å². The van der Waals surface area contributed by atoms with Gasteiger partial charge in [-0.1, -0.05) is 24.3 Å². The molecule has 0 amide bonds. The molecule has 0 spiro atoms. The Kier molecular flexibility index (Phi) is 5.23. The number of carbonyl (C=O) groups is 1. The second-order valence-electron chi connectivity index (χ2n) is 7.24. The number of likely N-dealkylation sites (tertiary alicyclic amines) is 1. The lowest BCUT2D eigenvalue weighted by Crippen LogP contribution is -2.34. The van der Waals surface area contributed by atoms with Crippen LogP contribution in [0.3, 0.4) is 0 Å². The molecule has 0 radical (unpaired) electrons. The quantitative estimate of drug-likeness (QED) is 0.682. The van der Waals surface area contributed by atoms with Gasteiger partial charge < -0.3 is 14.5 Å². The lowest BCUT2D eigenvalue weighted by atomic mass is 9.94. The van der Waals surface area contributed by atoms with Gasteiger partial charge in [-0.2, -0.15) is 0 Å². The summed E-state index contributed by atoms with van der Waals surface area (Å²) in [5, 5.41) is 1.12. The van der Waals surface area contributed by atoms with E-state index in [2.05, 4.69) is 16.0 Å². The van der Waals surface area contributed by atoms with Gasteiger partial charge in [0.1, 0.15) is 0 Å². The first-order chi connectivity index (χ1) is 14.1. The van der Waals surface area contributed by atoms with E-state index in [4.69, 9.17) is 9.47 Å². The zero-order valence-corrected chi connectivity index (χ0v) is 16.9. The zero-order chi connectivity index (χ0) is 20.4. The summed E-state index contributed by atoms with van der Waals surface area (Å²) in [6.07, 6.45) is 5.89. The number of hydrogen-bond donors (Lipinski definition) is 1. The summed E-state index contributed by atoms with van der Waals surface area (Å²) < 4.78 is 10.7. The van der Waals surface area contributed by atoms with Crippen LogP contribution in [0.5, 0.6) is 11.5 Å². The Balaban J connectivity index is 1.69. The molecule has 2 heterocycles. The minimum Gasteiger partial charge on any atom is -0.493 e. The Labute approximate surface area is 170 Å². The number of fused-ring (bicyclic) bond motifs is 1. The van der Waals surface area contributed by atoms with Crippen molar-refractivity contribution in [3.8, 4) is 11.5 Å². The number of methoxy groups -OCH3 is 2. The topological polar surface area (TPSA) is 54.6 Å². The number of aromatic nitrogens is 1. The number of rotatable bonds is 4. The van der Waals surface area contributed by atoms with E-state index in [-0.39, 0.29) is 5.78 Å². The molecule has 0 bridgehead atoms. The van der Waals surface area contributed by atoms with Crippen molar-refractivity contribution in [2.75, 3.05) is 34.4 Å². The summed E-state index contributed by atoms with van der Waals surface area (Å²) in [4.78, 5) is 18.6. The Hall–Kier alpha value is -3.31. The smallest absolute Gasteiger partial charge is 0.187 e. The fourth-order valence-corrected chi connectivity index (χ4v) is 3.75. The van der Waals surface area contributed by atoms with Gasteiger partial charge in [-0.3, -0.25) is 9.69 Å². The number of nitrogens with one attached hydrogen (secondary N) is 1. The van der Waals surface area contributed by atoms with Crippen LogP contribution in [-0.2, 0) is 4.79 Å². The largest absolute Gasteiger partial charge is 0.493 e. The molecule has 1 N–H and O–H groups in total. The van der Waals surface area contributed by atoms with Crippen molar-refractivity contribution in [3.05, 3.63) is 70.9 Å². The van der Waals surface area contributed by atoms with Crippen LogP contribution in [-0.4, -0.2) is 50.0 Å². The van der Waals surface area contributed by atoms with Gasteiger partial charge in [-0.05, 0) is 43.0 Å². The highest BCUT2D eigenvalue weighted by Crippen LogP contribution is 2.30. The average molecular weight is 388 g/mol. The van der Waals surface area contributed by atoms with Crippen LogP contribution in [0.25, 0.3) is 23.1 Å². The van der Waals surface area contributed by atoms with Crippen LogP contribution in [0.1, 0.15) is 11.1 Å². The van der Waals surface area contributed by atoms with Crippen molar-refractivity contribution in [2.45, 2.75) is 0 Å². The van der Waals surface area contributed by atoms with E-state index in [1.54, 1.807) is 14.2 Å². The third-order valence-electron chi connectivity index (χ3n) is 5.16. The summed E-state index contributed by atoms with van der Waals surface area (Å²) >= 11 is 0. The first-order valence-corrected chi connectivity index (χ1v) is 9.51. The molecule has 148 valence electrons. The maximum atomic E-state index is 13.2. The third-order valence-corrected chi connectivity index (χ3v) is 5.16. The van der Waals surface area contributed by atoms with E-state index < -0.39 is 0 Å². The van der Waals surface area contributed by atoms with Crippen molar-refractivity contribution in [1.82, 2.24) is 9.88 Å². The summed E-state index contributed by atoms with van der Waals surface area (Å²) in [5.41, 5.74) is 4.56. The van der Waals surface area contributed by atoms with Crippen LogP contribution in [0.2, 0.25) is 0 Å².